The molecule has 0 heterocycles. The predicted molar refractivity (Wildman–Crippen MR) is 75.3 cm³/mol. The molecule has 0 aliphatic carbocycles. The molecule has 2 heteroatoms. The van der Waals surface area contributed by atoms with E-state index in [9.17, 15) is 5.11 Å². The minimum Gasteiger partial charge on any atom is -0.382 e. The Balaban J connectivity index is 5.28. The zero-order chi connectivity index (χ0) is 15.1. The summed E-state index contributed by atoms with van der Waals surface area (Å²) in [5.74, 6) is 0. The van der Waals surface area contributed by atoms with Gasteiger partial charge in [-0.15, -0.1) is 0 Å². The van der Waals surface area contributed by atoms with E-state index in [1.807, 2.05) is 6.92 Å². The van der Waals surface area contributed by atoms with Crippen molar-refractivity contribution in [1.29, 1.82) is 0 Å². The molecule has 0 rings (SSSR count). The number of aliphatic hydroxyl groups is 1. The van der Waals surface area contributed by atoms with Crippen LogP contribution in [0.1, 0.15) is 13.3 Å². The number of rotatable bonds is 3. The molecule has 0 aromatic heterocycles. The van der Waals surface area contributed by atoms with Crippen molar-refractivity contribution in [2.75, 3.05) is 0 Å². The Hall–Kier alpha value is -2.98. The molecule has 2 nitrogen and oxygen atoms in total. The van der Waals surface area contributed by atoms with Gasteiger partial charge in [0.2, 0.25) is 0 Å². The van der Waals surface area contributed by atoms with Crippen LogP contribution in [0.2, 0.25) is 0 Å². The maximum Gasteiger partial charge on any atom is 0.132 e. The van der Waals surface area contributed by atoms with Crippen LogP contribution in [0.3, 0.4) is 0 Å². The van der Waals surface area contributed by atoms with Crippen molar-refractivity contribution < 1.29 is 10.8 Å². The molecule has 96 valence electrons. The van der Waals surface area contributed by atoms with Crippen molar-refractivity contribution in [2.45, 2.75) is 25.5 Å². The van der Waals surface area contributed by atoms with Crippen LogP contribution in [0.15, 0.2) is 81.4 Å². The molecule has 20 heavy (non-hydrogen) atoms. The lowest BCUT2D eigenvalue weighted by Gasteiger charge is -2.07. The summed E-state index contributed by atoms with van der Waals surface area (Å²) in [6.07, 6.45) is 1.63. The summed E-state index contributed by atoms with van der Waals surface area (Å²) in [6.45, 7) is 5.25. The van der Waals surface area contributed by atoms with Gasteiger partial charge in [0.15, 0.2) is 0 Å². The van der Waals surface area contributed by atoms with Crippen molar-refractivity contribution >= 4 is 0 Å². The van der Waals surface area contributed by atoms with Gasteiger partial charge in [0, 0.05) is 6.08 Å². The van der Waals surface area contributed by atoms with Crippen LogP contribution in [0.25, 0.3) is 0 Å². The first-order valence-electron chi connectivity index (χ1n) is 5.84. The first kappa shape index (κ1) is 17.0. The fraction of sp³-hybridized carbons (Fsp3) is 0.222. The van der Waals surface area contributed by atoms with E-state index in [4.69, 9.17) is 0 Å². The Labute approximate surface area is 118 Å². The van der Waals surface area contributed by atoms with Crippen molar-refractivity contribution in [2.24, 2.45) is 0 Å². The summed E-state index contributed by atoms with van der Waals surface area (Å²) in [5.41, 5.74) is 33.8. The Morgan fingerprint density at radius 1 is 0.950 bits per heavy atom. The van der Waals surface area contributed by atoms with E-state index in [2.05, 4.69) is 81.1 Å². The lowest BCUT2D eigenvalue weighted by atomic mass is 10.1. The maximum atomic E-state index is 9.54. The number of hydrogen-bond donors (Lipinski definition) is 2. The Bertz CT molecular complexity index is 771. The molecule has 0 spiro atoms. The summed E-state index contributed by atoms with van der Waals surface area (Å²) in [5, 5.41) is 9.54. The van der Waals surface area contributed by atoms with E-state index in [1.165, 1.54) is 6.08 Å². The van der Waals surface area contributed by atoms with Crippen molar-refractivity contribution in [3.05, 3.63) is 81.4 Å². The van der Waals surface area contributed by atoms with Gasteiger partial charge >= 0.3 is 0 Å². The minimum atomic E-state index is -0.633. The average molecular weight is 260 g/mol. The molecule has 0 aliphatic heterocycles. The van der Waals surface area contributed by atoms with Gasteiger partial charge in [-0.3, -0.25) is 0 Å². The lowest BCUT2D eigenvalue weighted by Crippen LogP contribution is -2.65. The van der Waals surface area contributed by atoms with E-state index in [0.29, 0.717) is 0 Å². The van der Waals surface area contributed by atoms with Crippen LogP contribution in [-0.2, 0) is 0 Å². The average Bonchev–Trinajstić information content (AvgIpc) is 2.47. The molecule has 2 atom stereocenters. The third-order valence-electron chi connectivity index (χ3n) is 1.98. The van der Waals surface area contributed by atoms with E-state index >= 15 is 0 Å². The van der Waals surface area contributed by atoms with Gasteiger partial charge in [0.25, 0.3) is 0 Å². The second-order valence-corrected chi connectivity index (χ2v) is 3.40. The SMILES string of the molecule is C=C=C=C=C=C=C=C=C=C=C=C=C=C[C@H](O)[C@@H]([NH3+])CC. The largest absolute Gasteiger partial charge is 0.382 e. The highest BCUT2D eigenvalue weighted by Gasteiger charge is 2.11. The third-order valence-corrected chi connectivity index (χ3v) is 1.98. The second-order valence-electron chi connectivity index (χ2n) is 3.40. The van der Waals surface area contributed by atoms with E-state index < -0.39 is 6.10 Å². The topological polar surface area (TPSA) is 47.9 Å². The van der Waals surface area contributed by atoms with Crippen molar-refractivity contribution in [1.82, 2.24) is 0 Å². The highest BCUT2D eigenvalue weighted by Crippen LogP contribution is 1.92. The normalized spacial score (nSPS) is 9.35. The highest BCUT2D eigenvalue weighted by molar-refractivity contribution is 4.94. The van der Waals surface area contributed by atoms with Crippen molar-refractivity contribution in [3.8, 4) is 0 Å². The molecule has 0 amide bonds. The molecular formula is C18H14NO+. The molecule has 0 radical (unpaired) electrons. The van der Waals surface area contributed by atoms with Crippen LogP contribution in [0.4, 0.5) is 0 Å². The lowest BCUT2D eigenvalue weighted by molar-refractivity contribution is -0.433. The van der Waals surface area contributed by atoms with Gasteiger partial charge in [-0.25, -0.2) is 0 Å². The van der Waals surface area contributed by atoms with E-state index in [-0.39, 0.29) is 6.04 Å². The van der Waals surface area contributed by atoms with Crippen LogP contribution < -0.4 is 5.73 Å². The van der Waals surface area contributed by atoms with Crippen LogP contribution in [0.5, 0.6) is 0 Å². The zero-order valence-electron chi connectivity index (χ0n) is 11.3. The molecule has 0 aromatic rings. The quantitative estimate of drug-likeness (QED) is 0.741. The molecule has 0 fully saturated rings. The van der Waals surface area contributed by atoms with Gasteiger partial charge < -0.3 is 10.8 Å². The fourth-order valence-electron chi connectivity index (χ4n) is 0.835. The van der Waals surface area contributed by atoms with Gasteiger partial charge in [0.05, 0.1) is 0 Å². The van der Waals surface area contributed by atoms with Crippen molar-refractivity contribution in [3.63, 3.8) is 0 Å². The Kier molecular flexibility index (Phi) is 10.6. The first-order chi connectivity index (χ1) is 9.72. The van der Waals surface area contributed by atoms with Crippen LogP contribution >= 0.6 is 0 Å². The summed E-state index contributed by atoms with van der Waals surface area (Å²) in [4.78, 5) is 0. The zero-order valence-corrected chi connectivity index (χ0v) is 11.3. The van der Waals surface area contributed by atoms with Gasteiger partial charge in [-0.1, -0.05) is 18.4 Å². The number of quaternary nitrogens is 1. The Morgan fingerprint density at radius 3 is 1.85 bits per heavy atom. The summed E-state index contributed by atoms with van der Waals surface area (Å²) in [6, 6.07) is -0.0541. The minimum absolute atomic E-state index is 0.0541. The molecule has 0 saturated heterocycles. The molecule has 0 aromatic carbocycles. The first-order valence-corrected chi connectivity index (χ1v) is 5.84. The maximum absolute atomic E-state index is 9.54. The smallest absolute Gasteiger partial charge is 0.132 e. The molecule has 0 bridgehead atoms. The fourth-order valence-corrected chi connectivity index (χ4v) is 0.835. The molecule has 0 saturated carbocycles. The van der Waals surface area contributed by atoms with E-state index in [1.54, 1.807) is 0 Å². The molecule has 0 aliphatic rings. The molecule has 4 N–H and O–H groups in total. The van der Waals surface area contributed by atoms with E-state index in [0.717, 1.165) is 6.42 Å². The predicted octanol–water partition coefficient (Wildman–Crippen LogP) is 1.41. The van der Waals surface area contributed by atoms with Crippen LogP contribution in [-0.4, -0.2) is 17.3 Å². The van der Waals surface area contributed by atoms with Gasteiger partial charge in [0.1, 0.15) is 12.1 Å². The summed E-state index contributed by atoms with van der Waals surface area (Å²) in [7, 11) is 0. The highest BCUT2D eigenvalue weighted by atomic mass is 16.3. The second kappa shape index (κ2) is 12.5. The van der Waals surface area contributed by atoms with Gasteiger partial charge in [-0.2, -0.15) is 0 Å². The molecule has 0 unspecified atom stereocenters. The summed E-state index contributed by atoms with van der Waals surface area (Å²) < 4.78 is 0. The van der Waals surface area contributed by atoms with Gasteiger partial charge in [-0.05, 0) is 70.3 Å². The summed E-state index contributed by atoms with van der Waals surface area (Å²) >= 11 is 0. The third kappa shape index (κ3) is 10.2. The monoisotopic (exact) mass is 260 g/mol. The standard InChI is InChI=1S/C18H13NO/c1-3-5-6-7-8-9-10-11-12-13-14-15-16-18(20)17(19)4-2/h16-18,20H,1,4,19H2,2H3/p+1/t17-,18-/m0/s1. The van der Waals surface area contributed by atoms with Crippen LogP contribution in [0, 0.1) is 0 Å². The number of aliphatic hydroxyl groups excluding tert-OH is 1. The Morgan fingerprint density at radius 2 is 1.40 bits per heavy atom. The molecular weight excluding hydrogens is 246 g/mol. The number of hydrogen-bond acceptors (Lipinski definition) is 1.